The molecule has 342 valence electrons. The van der Waals surface area contributed by atoms with Crippen LogP contribution in [0.5, 0.6) is 0 Å². The van der Waals surface area contributed by atoms with Crippen molar-refractivity contribution >= 4 is 39.2 Å². The van der Waals surface area contributed by atoms with E-state index in [2.05, 4.69) is 85.5 Å². The van der Waals surface area contributed by atoms with Gasteiger partial charge in [0.2, 0.25) is 0 Å². The molecule has 0 amide bonds. The van der Waals surface area contributed by atoms with Gasteiger partial charge in [-0.05, 0) is 137 Å². The number of ether oxygens (including phenoxy) is 2. The molecule has 2 rings (SSSR count). The second-order valence-corrected chi connectivity index (χ2v) is 39.8. The van der Waals surface area contributed by atoms with Gasteiger partial charge in [0.15, 0.2) is 33.3 Å². The van der Waals surface area contributed by atoms with E-state index >= 15 is 0 Å². The number of carbonyl (C=O) groups is 1. The second kappa shape index (κ2) is 27.1. The Labute approximate surface area is 364 Å². The Kier molecular flexibility index (Phi) is 25.3. The molecule has 0 aromatic carbocycles. The maximum Gasteiger partial charge on any atom is 0.334 e. The summed E-state index contributed by atoms with van der Waals surface area (Å²) in [4.78, 5) is 12.3. The summed E-state index contributed by atoms with van der Waals surface area (Å²) in [5.41, 5.74) is 0.788. The zero-order valence-electron chi connectivity index (χ0n) is 40.7. The van der Waals surface area contributed by atoms with Gasteiger partial charge in [-0.15, -0.1) is 0 Å². The topological polar surface area (TPSA) is 72.5 Å². The van der Waals surface area contributed by atoms with Crippen LogP contribution < -0.4 is 0 Å². The molecule has 2 aliphatic heterocycles. The summed E-state index contributed by atoms with van der Waals surface area (Å²) in [7, 11) is -6.87. The van der Waals surface area contributed by atoms with Crippen molar-refractivity contribution < 1.29 is 32.0 Å². The molecule has 7 nitrogen and oxygen atoms in total. The molecule has 0 spiro atoms. The second-order valence-electron chi connectivity index (χ2n) is 21.9. The van der Waals surface area contributed by atoms with Crippen molar-refractivity contribution in [3.63, 3.8) is 0 Å². The summed E-state index contributed by atoms with van der Waals surface area (Å²) in [6, 6.07) is 0. The monoisotopic (exact) mass is 885 g/mol. The number of unbranched alkanes of at least 4 members (excludes halogenated alkanes) is 12. The Morgan fingerprint density at radius 2 is 0.897 bits per heavy atom. The van der Waals surface area contributed by atoms with Crippen molar-refractivity contribution in [1.82, 2.24) is 0 Å². The normalized spacial score (nSPS) is 21.6. The van der Waals surface area contributed by atoms with Crippen LogP contribution in [0.25, 0.3) is 0 Å². The van der Waals surface area contributed by atoms with Crippen molar-refractivity contribution in [2.24, 2.45) is 0 Å². The molecule has 58 heavy (non-hydrogen) atoms. The fourth-order valence-corrected chi connectivity index (χ4v) is 13.5. The highest BCUT2D eigenvalue weighted by Crippen LogP contribution is 2.34. The average molecular weight is 886 g/mol. The Morgan fingerprint density at radius 3 is 1.33 bits per heavy atom. The third-order valence-corrected chi connectivity index (χ3v) is 15.2. The summed E-state index contributed by atoms with van der Waals surface area (Å²) in [5.74, 6) is -0.170. The molecule has 0 aromatic heterocycles. The highest BCUT2D eigenvalue weighted by molar-refractivity contribution is 6.70. The lowest BCUT2D eigenvalue weighted by atomic mass is 9.99. The van der Waals surface area contributed by atoms with Gasteiger partial charge in [0.1, 0.15) is 6.10 Å². The van der Waals surface area contributed by atoms with Crippen LogP contribution in [0.3, 0.4) is 0 Å². The molecule has 1 fully saturated rings. The first kappa shape index (κ1) is 54.0. The lowest BCUT2D eigenvalue weighted by Gasteiger charge is -2.33. The maximum absolute atomic E-state index is 12.3. The Morgan fingerprint density at radius 1 is 0.534 bits per heavy atom. The molecule has 0 aliphatic carbocycles. The summed E-state index contributed by atoms with van der Waals surface area (Å²) in [6.45, 7) is 31.9. The number of cyclic esters (lactones) is 1. The standard InChI is InChI=1S/C47H96O7Si4/c1-15-16-17-18-19-20-21-22-23-27-33-45(53-57(9,10)11)43-35-36-44(50-43)46(54-58(12,13)14)34-29-28-31-41(51-55(3,4)5)30-25-24-26-32-42(52-56(6,7)8)38-40-37-39(2)49-47(40)48/h37,39,41-46H,15-36,38H2,1-14H3/t39-,41+,42+,43-,44+,45-,46+/m0/s1. The molecule has 7 atom stereocenters. The average Bonchev–Trinajstić information content (AvgIpc) is 3.69. The SMILES string of the molecule is CCCCCCCCCCCC[C@H](O[Si](C)(C)C)[C@@H]1CC[C@H]([C@@H](CCCC[C@@H](CCCCC[C@H](CC2=C[C@H](C)OC2=O)O[Si](C)(C)C)O[Si](C)(C)C)O[Si](C)(C)C)O1. The van der Waals surface area contributed by atoms with Gasteiger partial charge in [0.05, 0.1) is 24.4 Å². The highest BCUT2D eigenvalue weighted by Gasteiger charge is 2.39. The van der Waals surface area contributed by atoms with Crippen LogP contribution in [-0.4, -0.2) is 82.0 Å². The van der Waals surface area contributed by atoms with E-state index in [1.165, 1.54) is 64.2 Å². The van der Waals surface area contributed by atoms with Crippen LogP contribution in [0.4, 0.5) is 0 Å². The minimum Gasteiger partial charge on any atom is -0.455 e. The van der Waals surface area contributed by atoms with E-state index in [-0.39, 0.29) is 42.6 Å². The van der Waals surface area contributed by atoms with E-state index in [1.54, 1.807) is 0 Å². The lowest BCUT2D eigenvalue weighted by molar-refractivity contribution is -0.139. The maximum atomic E-state index is 12.3. The van der Waals surface area contributed by atoms with E-state index in [9.17, 15) is 4.79 Å². The van der Waals surface area contributed by atoms with Gasteiger partial charge in [-0.2, -0.15) is 0 Å². The summed E-state index contributed by atoms with van der Waals surface area (Å²) < 4.78 is 39.5. The van der Waals surface area contributed by atoms with E-state index in [4.69, 9.17) is 27.2 Å². The summed E-state index contributed by atoms with van der Waals surface area (Å²) in [6.07, 6.45) is 30.5. The third-order valence-electron chi connectivity index (χ3n) is 11.1. The molecule has 2 aliphatic rings. The summed E-state index contributed by atoms with van der Waals surface area (Å²) in [5, 5.41) is 0. The van der Waals surface area contributed by atoms with Gasteiger partial charge in [-0.1, -0.05) is 103 Å². The first-order valence-electron chi connectivity index (χ1n) is 24.3. The number of carbonyl (C=O) groups excluding carboxylic acids is 1. The van der Waals surface area contributed by atoms with Crippen LogP contribution in [0.1, 0.15) is 162 Å². The molecule has 0 bridgehead atoms. The zero-order valence-corrected chi connectivity index (χ0v) is 44.7. The van der Waals surface area contributed by atoms with E-state index < -0.39 is 33.3 Å². The molecule has 0 radical (unpaired) electrons. The molecule has 0 N–H and O–H groups in total. The summed E-state index contributed by atoms with van der Waals surface area (Å²) >= 11 is 0. The van der Waals surface area contributed by atoms with Gasteiger partial charge in [-0.3, -0.25) is 0 Å². The molecule has 1 saturated heterocycles. The third kappa shape index (κ3) is 26.4. The number of hydrogen-bond donors (Lipinski definition) is 0. The van der Waals surface area contributed by atoms with Gasteiger partial charge in [0, 0.05) is 24.2 Å². The van der Waals surface area contributed by atoms with Crippen molar-refractivity contribution in [1.29, 1.82) is 0 Å². The predicted octanol–water partition coefficient (Wildman–Crippen LogP) is 14.5. The van der Waals surface area contributed by atoms with Gasteiger partial charge < -0.3 is 27.2 Å². The Hall–Kier alpha value is -0.122. The minimum atomic E-state index is -1.76. The molecule has 0 saturated carbocycles. The molecule has 0 aromatic rings. The van der Waals surface area contributed by atoms with E-state index in [0.29, 0.717) is 12.5 Å². The molecular formula is C47H96O7Si4. The number of esters is 1. The largest absolute Gasteiger partial charge is 0.455 e. The number of rotatable bonds is 34. The molecule has 11 heteroatoms. The Balaban J connectivity index is 1.88. The van der Waals surface area contributed by atoms with Crippen LogP contribution in [0, 0.1) is 0 Å². The molecule has 0 unspecified atom stereocenters. The molecular weight excluding hydrogens is 789 g/mol. The van der Waals surface area contributed by atoms with Gasteiger partial charge in [0.25, 0.3) is 0 Å². The predicted molar refractivity (Wildman–Crippen MR) is 257 cm³/mol. The first-order chi connectivity index (χ1) is 27.0. The number of hydrogen-bond acceptors (Lipinski definition) is 7. The van der Waals surface area contributed by atoms with Gasteiger partial charge >= 0.3 is 5.97 Å². The minimum absolute atomic E-state index is 0.0820. The van der Waals surface area contributed by atoms with E-state index in [0.717, 1.165) is 82.6 Å². The van der Waals surface area contributed by atoms with Crippen LogP contribution in [0.15, 0.2) is 11.6 Å². The van der Waals surface area contributed by atoms with Gasteiger partial charge in [-0.25, -0.2) is 4.79 Å². The fourth-order valence-electron chi connectivity index (χ4n) is 8.75. The van der Waals surface area contributed by atoms with Crippen LogP contribution >= 0.6 is 0 Å². The lowest BCUT2D eigenvalue weighted by Crippen LogP contribution is -2.42. The highest BCUT2D eigenvalue weighted by atomic mass is 28.4. The van der Waals surface area contributed by atoms with E-state index in [1.807, 2.05) is 13.0 Å². The fraction of sp³-hybridized carbons (Fsp3) is 0.936. The van der Waals surface area contributed by atoms with Crippen molar-refractivity contribution in [3.05, 3.63) is 11.6 Å². The molecule has 2 heterocycles. The smallest absolute Gasteiger partial charge is 0.334 e. The zero-order chi connectivity index (χ0) is 43.4. The van der Waals surface area contributed by atoms with Crippen LogP contribution in [-0.2, 0) is 32.0 Å². The first-order valence-corrected chi connectivity index (χ1v) is 38.0. The Bertz CT molecular complexity index is 1140. The quantitative estimate of drug-likeness (QED) is 0.0362. The van der Waals surface area contributed by atoms with Crippen molar-refractivity contribution in [2.45, 2.75) is 283 Å². The van der Waals surface area contributed by atoms with Crippen LogP contribution in [0.2, 0.25) is 78.6 Å². The van der Waals surface area contributed by atoms with Crippen molar-refractivity contribution in [3.8, 4) is 0 Å². The van der Waals surface area contributed by atoms with Crippen molar-refractivity contribution in [2.75, 3.05) is 0 Å².